The third kappa shape index (κ3) is 0.735. The van der Waals surface area contributed by atoms with E-state index in [4.69, 9.17) is 0 Å². The summed E-state index contributed by atoms with van der Waals surface area (Å²) in [7, 11) is 0. The molecule has 48 valence electrons. The molecule has 2 aliphatic rings. The summed E-state index contributed by atoms with van der Waals surface area (Å²) < 4.78 is 0. The Kier molecular flexibility index (Phi) is 1.01. The van der Waals surface area contributed by atoms with Gasteiger partial charge in [-0.25, -0.2) is 0 Å². The molecule has 0 aliphatic heterocycles. The third-order valence-corrected chi connectivity index (χ3v) is 2.42. The largest absolute Gasteiger partial charge is 0.0812 e. The topological polar surface area (TPSA) is 0 Å². The summed E-state index contributed by atoms with van der Waals surface area (Å²) in [6.45, 7) is 2.24. The molecule has 0 spiro atoms. The maximum atomic E-state index is 2.37. The zero-order chi connectivity index (χ0) is 6.27. The summed E-state index contributed by atoms with van der Waals surface area (Å²) in [5, 5.41) is 0. The predicted molar refractivity (Wildman–Crippen MR) is 39.3 cm³/mol. The van der Waals surface area contributed by atoms with Gasteiger partial charge in [-0.05, 0) is 32.6 Å². The Labute approximate surface area is 56.3 Å². The zero-order valence-electron chi connectivity index (χ0n) is 5.91. The second kappa shape index (κ2) is 1.73. The molecule has 2 aliphatic carbocycles. The molecule has 0 N–H and O–H groups in total. The molecule has 0 aromatic rings. The maximum Gasteiger partial charge on any atom is -0.0108 e. The van der Waals surface area contributed by atoms with Gasteiger partial charge in [-0.1, -0.05) is 22.8 Å². The van der Waals surface area contributed by atoms with E-state index >= 15 is 0 Å². The van der Waals surface area contributed by atoms with Crippen molar-refractivity contribution in [2.45, 2.75) is 32.6 Å². The fraction of sp³-hybridized carbons (Fsp3) is 0.556. The van der Waals surface area contributed by atoms with Gasteiger partial charge in [-0.3, -0.25) is 0 Å². The van der Waals surface area contributed by atoms with Crippen molar-refractivity contribution < 1.29 is 0 Å². The van der Waals surface area contributed by atoms with Crippen molar-refractivity contribution in [3.8, 4) is 0 Å². The fourth-order valence-corrected chi connectivity index (χ4v) is 1.64. The molecule has 0 unspecified atom stereocenters. The van der Waals surface area contributed by atoms with Crippen LogP contribution in [0.15, 0.2) is 22.8 Å². The van der Waals surface area contributed by atoms with Crippen molar-refractivity contribution >= 4 is 0 Å². The number of hydrogen-bond donors (Lipinski definition) is 0. The molecule has 0 amide bonds. The van der Waals surface area contributed by atoms with Gasteiger partial charge in [0.05, 0.1) is 0 Å². The predicted octanol–water partition coefficient (Wildman–Crippen LogP) is 2.82. The van der Waals surface area contributed by atoms with Crippen LogP contribution in [-0.2, 0) is 0 Å². The molecule has 0 radical (unpaired) electrons. The molecular formula is C9H12. The van der Waals surface area contributed by atoms with Gasteiger partial charge in [-0.2, -0.15) is 0 Å². The van der Waals surface area contributed by atoms with Gasteiger partial charge < -0.3 is 0 Å². The van der Waals surface area contributed by atoms with Crippen molar-refractivity contribution in [1.82, 2.24) is 0 Å². The Morgan fingerprint density at radius 2 is 2.00 bits per heavy atom. The highest BCUT2D eigenvalue weighted by atomic mass is 14.2. The van der Waals surface area contributed by atoms with Crippen LogP contribution in [-0.4, -0.2) is 0 Å². The van der Waals surface area contributed by atoms with Gasteiger partial charge in [0.2, 0.25) is 0 Å². The molecule has 0 heteroatoms. The van der Waals surface area contributed by atoms with Crippen LogP contribution < -0.4 is 0 Å². The van der Waals surface area contributed by atoms with E-state index in [-0.39, 0.29) is 0 Å². The second-order valence-electron chi connectivity index (χ2n) is 3.14. The molecule has 0 fully saturated rings. The Balaban J connectivity index is 2.19. The number of rotatable bonds is 0. The van der Waals surface area contributed by atoms with Gasteiger partial charge in [-0.15, -0.1) is 0 Å². The van der Waals surface area contributed by atoms with Gasteiger partial charge >= 0.3 is 0 Å². The molecular weight excluding hydrogens is 108 g/mol. The third-order valence-electron chi connectivity index (χ3n) is 2.42. The van der Waals surface area contributed by atoms with Gasteiger partial charge in [0.15, 0.2) is 0 Å². The summed E-state index contributed by atoms with van der Waals surface area (Å²) in [6.07, 6.45) is 7.70. The Morgan fingerprint density at radius 1 is 1.22 bits per heavy atom. The van der Waals surface area contributed by atoms with Crippen molar-refractivity contribution in [3.63, 3.8) is 0 Å². The summed E-state index contributed by atoms with van der Waals surface area (Å²) in [4.78, 5) is 0. The lowest BCUT2D eigenvalue weighted by molar-refractivity contribution is 0.718. The standard InChI is InChI=1S/C9H12/c1-7-2-3-8-4-5-9(8)6-7/h2H,3-6H2,1H3. The molecule has 0 heterocycles. The van der Waals surface area contributed by atoms with E-state index in [1.807, 2.05) is 0 Å². The second-order valence-corrected chi connectivity index (χ2v) is 3.14. The monoisotopic (exact) mass is 120 g/mol. The highest BCUT2D eigenvalue weighted by molar-refractivity contribution is 5.34. The molecule has 0 saturated carbocycles. The summed E-state index contributed by atoms with van der Waals surface area (Å²) >= 11 is 0. The minimum absolute atomic E-state index is 1.27. The van der Waals surface area contributed by atoms with E-state index in [1.54, 1.807) is 16.7 Å². The first-order valence-corrected chi connectivity index (χ1v) is 3.71. The highest BCUT2D eigenvalue weighted by Crippen LogP contribution is 2.38. The molecule has 0 bridgehead atoms. The lowest BCUT2D eigenvalue weighted by Crippen LogP contribution is -2.07. The maximum absolute atomic E-state index is 2.37. The average molecular weight is 120 g/mol. The van der Waals surface area contributed by atoms with Gasteiger partial charge in [0.1, 0.15) is 0 Å². The fourth-order valence-electron chi connectivity index (χ4n) is 1.64. The minimum atomic E-state index is 1.27. The van der Waals surface area contributed by atoms with Crippen LogP contribution in [0.3, 0.4) is 0 Å². The van der Waals surface area contributed by atoms with Crippen LogP contribution in [0.2, 0.25) is 0 Å². The van der Waals surface area contributed by atoms with Gasteiger partial charge in [0, 0.05) is 0 Å². The Morgan fingerprint density at radius 3 is 2.44 bits per heavy atom. The molecule has 0 atom stereocenters. The first kappa shape index (κ1) is 5.28. The molecule has 0 aromatic heterocycles. The van der Waals surface area contributed by atoms with Crippen LogP contribution >= 0.6 is 0 Å². The quantitative estimate of drug-likeness (QED) is 0.431. The van der Waals surface area contributed by atoms with Crippen LogP contribution in [0.1, 0.15) is 32.6 Å². The van der Waals surface area contributed by atoms with Gasteiger partial charge in [0.25, 0.3) is 0 Å². The van der Waals surface area contributed by atoms with Crippen molar-refractivity contribution in [2.75, 3.05) is 0 Å². The van der Waals surface area contributed by atoms with E-state index in [0.29, 0.717) is 0 Å². The normalized spacial score (nSPS) is 24.8. The molecule has 2 rings (SSSR count). The van der Waals surface area contributed by atoms with Crippen LogP contribution in [0.4, 0.5) is 0 Å². The lowest BCUT2D eigenvalue weighted by atomic mass is 9.79. The molecule has 9 heavy (non-hydrogen) atoms. The summed E-state index contributed by atoms with van der Waals surface area (Å²) in [5.41, 5.74) is 5.06. The minimum Gasteiger partial charge on any atom is -0.0812 e. The van der Waals surface area contributed by atoms with E-state index in [9.17, 15) is 0 Å². The van der Waals surface area contributed by atoms with Crippen LogP contribution in [0.25, 0.3) is 0 Å². The van der Waals surface area contributed by atoms with Crippen molar-refractivity contribution in [1.29, 1.82) is 0 Å². The Hall–Kier alpha value is -0.520. The zero-order valence-corrected chi connectivity index (χ0v) is 5.91. The van der Waals surface area contributed by atoms with Crippen LogP contribution in [0, 0.1) is 0 Å². The summed E-state index contributed by atoms with van der Waals surface area (Å²) in [6, 6.07) is 0. The van der Waals surface area contributed by atoms with E-state index < -0.39 is 0 Å². The van der Waals surface area contributed by atoms with E-state index in [2.05, 4.69) is 13.0 Å². The number of hydrogen-bond acceptors (Lipinski definition) is 0. The molecule has 0 aromatic carbocycles. The van der Waals surface area contributed by atoms with Crippen molar-refractivity contribution in [3.05, 3.63) is 22.8 Å². The van der Waals surface area contributed by atoms with Crippen LogP contribution in [0.5, 0.6) is 0 Å². The van der Waals surface area contributed by atoms with E-state index in [0.717, 1.165) is 0 Å². The van der Waals surface area contributed by atoms with E-state index in [1.165, 1.54) is 25.7 Å². The first-order chi connectivity index (χ1) is 4.36. The highest BCUT2D eigenvalue weighted by Gasteiger charge is 2.18. The SMILES string of the molecule is CC1=CCC2=C(CC2)C1. The smallest absolute Gasteiger partial charge is 0.0108 e. The summed E-state index contributed by atoms with van der Waals surface area (Å²) in [5.74, 6) is 0. The lowest BCUT2D eigenvalue weighted by Gasteiger charge is -2.27. The number of allylic oxidation sites excluding steroid dienone is 4. The molecule has 0 saturated heterocycles. The average Bonchev–Trinajstić information content (AvgIpc) is 1.78. The first-order valence-electron chi connectivity index (χ1n) is 3.71. The molecule has 0 nitrogen and oxygen atoms in total. The Bertz CT molecular complexity index is 194. The van der Waals surface area contributed by atoms with Crippen molar-refractivity contribution in [2.24, 2.45) is 0 Å².